The molecule has 2 heterocycles. The zero-order valence-electron chi connectivity index (χ0n) is 12.5. The summed E-state index contributed by atoms with van der Waals surface area (Å²) in [6.07, 6.45) is -0.446. The monoisotopic (exact) mass is 330 g/mol. The van der Waals surface area contributed by atoms with Crippen LogP contribution in [0.4, 0.5) is 0 Å². The summed E-state index contributed by atoms with van der Waals surface area (Å²) < 4.78 is 0. The second-order valence-corrected chi connectivity index (χ2v) is 6.50. The molecular formula is C17H18N2O3S. The molecule has 6 heteroatoms. The summed E-state index contributed by atoms with van der Waals surface area (Å²) in [6, 6.07) is 10.4. The maximum atomic E-state index is 12.5. The lowest BCUT2D eigenvalue weighted by atomic mass is 10.0. The summed E-state index contributed by atoms with van der Waals surface area (Å²) in [4.78, 5) is 25.6. The lowest BCUT2D eigenvalue weighted by Crippen LogP contribution is -2.35. The van der Waals surface area contributed by atoms with Gasteiger partial charge in [-0.2, -0.15) is 0 Å². The third kappa shape index (κ3) is 3.50. The van der Waals surface area contributed by atoms with Crippen molar-refractivity contribution < 1.29 is 14.7 Å². The summed E-state index contributed by atoms with van der Waals surface area (Å²) >= 11 is 1.36. The second-order valence-electron chi connectivity index (χ2n) is 5.55. The average molecular weight is 330 g/mol. The van der Waals surface area contributed by atoms with E-state index in [-0.39, 0.29) is 17.6 Å². The number of hydrogen-bond acceptors (Lipinski definition) is 5. The van der Waals surface area contributed by atoms with Crippen molar-refractivity contribution in [3.63, 3.8) is 0 Å². The maximum Gasteiger partial charge on any atom is 0.252 e. The van der Waals surface area contributed by atoms with E-state index < -0.39 is 6.10 Å². The van der Waals surface area contributed by atoms with E-state index >= 15 is 0 Å². The number of aliphatic hydroxyl groups excluding tert-OH is 1. The number of rotatable bonds is 5. The quantitative estimate of drug-likeness (QED) is 0.722. The summed E-state index contributed by atoms with van der Waals surface area (Å²) in [5.41, 5.74) is 0.767. The van der Waals surface area contributed by atoms with E-state index in [1.54, 1.807) is 30.3 Å². The predicted molar refractivity (Wildman–Crippen MR) is 88.9 cm³/mol. The SMILES string of the molecule is O=C(NCC1CNCC1O)c1ccccc1C(=O)c1cccs1. The van der Waals surface area contributed by atoms with Crippen LogP contribution >= 0.6 is 11.3 Å². The summed E-state index contributed by atoms with van der Waals surface area (Å²) in [6.45, 7) is 1.61. The number of benzene rings is 1. The van der Waals surface area contributed by atoms with Gasteiger partial charge in [-0.3, -0.25) is 9.59 Å². The van der Waals surface area contributed by atoms with Crippen LogP contribution in [0.2, 0.25) is 0 Å². The predicted octanol–water partition coefficient (Wildman–Crippen LogP) is 1.29. The fourth-order valence-corrected chi connectivity index (χ4v) is 3.34. The van der Waals surface area contributed by atoms with Gasteiger partial charge in [-0.05, 0) is 17.5 Å². The van der Waals surface area contributed by atoms with Crippen molar-refractivity contribution in [3.05, 3.63) is 57.8 Å². The topological polar surface area (TPSA) is 78.4 Å². The van der Waals surface area contributed by atoms with Gasteiger partial charge in [0.25, 0.3) is 5.91 Å². The Morgan fingerprint density at radius 3 is 2.61 bits per heavy atom. The molecule has 0 saturated carbocycles. The molecule has 3 rings (SSSR count). The lowest BCUT2D eigenvalue weighted by Gasteiger charge is -2.15. The van der Waals surface area contributed by atoms with Crippen LogP contribution in [-0.4, -0.2) is 42.5 Å². The van der Waals surface area contributed by atoms with Crippen LogP contribution in [-0.2, 0) is 0 Å². The molecule has 1 amide bonds. The Morgan fingerprint density at radius 2 is 1.96 bits per heavy atom. The fraction of sp³-hybridized carbons (Fsp3) is 0.294. The smallest absolute Gasteiger partial charge is 0.252 e. The van der Waals surface area contributed by atoms with E-state index in [4.69, 9.17) is 0 Å². The minimum Gasteiger partial charge on any atom is -0.391 e. The Morgan fingerprint density at radius 1 is 1.17 bits per heavy atom. The van der Waals surface area contributed by atoms with Crippen molar-refractivity contribution >= 4 is 23.0 Å². The van der Waals surface area contributed by atoms with Gasteiger partial charge in [0, 0.05) is 31.1 Å². The molecule has 23 heavy (non-hydrogen) atoms. The van der Waals surface area contributed by atoms with E-state index in [2.05, 4.69) is 10.6 Å². The zero-order valence-corrected chi connectivity index (χ0v) is 13.3. The largest absolute Gasteiger partial charge is 0.391 e. The first-order valence-electron chi connectivity index (χ1n) is 7.51. The van der Waals surface area contributed by atoms with Gasteiger partial charge in [0.1, 0.15) is 0 Å². The summed E-state index contributed by atoms with van der Waals surface area (Å²) in [5, 5.41) is 17.5. The van der Waals surface area contributed by atoms with E-state index in [0.717, 1.165) is 0 Å². The van der Waals surface area contributed by atoms with Crippen LogP contribution < -0.4 is 10.6 Å². The number of β-amino-alcohol motifs (C(OH)–C–C–N with tert-alkyl or cyclic N) is 1. The molecule has 0 spiro atoms. The molecule has 1 aliphatic heterocycles. The molecule has 1 saturated heterocycles. The molecule has 0 bridgehead atoms. The highest BCUT2D eigenvalue weighted by molar-refractivity contribution is 7.12. The highest BCUT2D eigenvalue weighted by Crippen LogP contribution is 2.18. The number of carbonyl (C=O) groups excluding carboxylic acids is 2. The normalized spacial score (nSPS) is 20.4. The third-order valence-corrected chi connectivity index (χ3v) is 4.86. The Bertz CT molecular complexity index is 700. The van der Waals surface area contributed by atoms with E-state index in [0.29, 0.717) is 35.6 Å². The molecule has 2 unspecified atom stereocenters. The summed E-state index contributed by atoms with van der Waals surface area (Å²) in [5.74, 6) is -0.433. The van der Waals surface area contributed by atoms with Crippen molar-refractivity contribution in [1.29, 1.82) is 0 Å². The van der Waals surface area contributed by atoms with Gasteiger partial charge in [-0.1, -0.05) is 24.3 Å². The van der Waals surface area contributed by atoms with Crippen LogP contribution in [0.3, 0.4) is 0 Å². The number of aliphatic hydroxyl groups is 1. The molecule has 0 radical (unpaired) electrons. The van der Waals surface area contributed by atoms with Gasteiger partial charge in [-0.15, -0.1) is 11.3 Å². The van der Waals surface area contributed by atoms with Crippen LogP contribution in [0, 0.1) is 5.92 Å². The van der Waals surface area contributed by atoms with Crippen molar-refractivity contribution in [1.82, 2.24) is 10.6 Å². The number of hydrogen-bond donors (Lipinski definition) is 3. The van der Waals surface area contributed by atoms with Gasteiger partial charge in [-0.25, -0.2) is 0 Å². The van der Waals surface area contributed by atoms with E-state index in [9.17, 15) is 14.7 Å². The molecular weight excluding hydrogens is 312 g/mol. The van der Waals surface area contributed by atoms with Crippen LogP contribution in [0.25, 0.3) is 0 Å². The number of carbonyl (C=O) groups is 2. The second kappa shape index (κ2) is 7.04. The Kier molecular flexibility index (Phi) is 4.85. The molecule has 120 valence electrons. The van der Waals surface area contributed by atoms with E-state index in [1.165, 1.54) is 11.3 Å². The lowest BCUT2D eigenvalue weighted by molar-refractivity contribution is 0.0918. The molecule has 2 aromatic rings. The number of ketones is 1. The molecule has 3 N–H and O–H groups in total. The minimum absolute atomic E-state index is 0.000824. The van der Waals surface area contributed by atoms with Crippen LogP contribution in [0.15, 0.2) is 41.8 Å². The van der Waals surface area contributed by atoms with Crippen molar-refractivity contribution in [2.45, 2.75) is 6.10 Å². The number of thiophene rings is 1. The van der Waals surface area contributed by atoms with E-state index in [1.807, 2.05) is 11.4 Å². The highest BCUT2D eigenvalue weighted by Gasteiger charge is 2.26. The van der Waals surface area contributed by atoms with Gasteiger partial charge in [0.15, 0.2) is 0 Å². The fourth-order valence-electron chi connectivity index (χ4n) is 2.67. The molecule has 1 aromatic heterocycles. The summed E-state index contributed by atoms with van der Waals surface area (Å²) in [7, 11) is 0. The Balaban J connectivity index is 1.74. The van der Waals surface area contributed by atoms with Crippen molar-refractivity contribution in [2.24, 2.45) is 5.92 Å². The standard InChI is InChI=1S/C17H18N2O3S/c20-14-10-18-8-11(14)9-19-17(22)13-5-2-1-4-12(13)16(21)15-6-3-7-23-15/h1-7,11,14,18,20H,8-10H2,(H,19,22). The van der Waals surface area contributed by atoms with Gasteiger partial charge >= 0.3 is 0 Å². The van der Waals surface area contributed by atoms with Gasteiger partial charge < -0.3 is 15.7 Å². The van der Waals surface area contributed by atoms with Gasteiger partial charge in [0.2, 0.25) is 5.78 Å². The van der Waals surface area contributed by atoms with Crippen LogP contribution in [0.1, 0.15) is 25.6 Å². The average Bonchev–Trinajstić information content (AvgIpc) is 3.24. The highest BCUT2D eigenvalue weighted by atomic mass is 32.1. The van der Waals surface area contributed by atoms with Gasteiger partial charge in [0.05, 0.1) is 16.5 Å². The zero-order chi connectivity index (χ0) is 16.2. The molecule has 5 nitrogen and oxygen atoms in total. The number of amides is 1. The first-order valence-corrected chi connectivity index (χ1v) is 8.39. The molecule has 2 atom stereocenters. The first-order chi connectivity index (χ1) is 11.2. The minimum atomic E-state index is -0.446. The first kappa shape index (κ1) is 15.9. The molecule has 0 aliphatic carbocycles. The van der Waals surface area contributed by atoms with Crippen molar-refractivity contribution in [3.8, 4) is 0 Å². The maximum absolute atomic E-state index is 12.5. The number of nitrogens with one attached hydrogen (secondary N) is 2. The van der Waals surface area contributed by atoms with Crippen molar-refractivity contribution in [2.75, 3.05) is 19.6 Å². The Labute approximate surface area is 138 Å². The molecule has 1 fully saturated rings. The van der Waals surface area contributed by atoms with Crippen LogP contribution in [0.5, 0.6) is 0 Å². The Hall–Kier alpha value is -2.02. The molecule has 1 aromatic carbocycles. The molecule has 1 aliphatic rings. The third-order valence-electron chi connectivity index (χ3n) is 3.99.